The van der Waals surface area contributed by atoms with Gasteiger partial charge in [0.2, 0.25) is 0 Å². The molecule has 1 aliphatic rings. The molecule has 1 aliphatic carbocycles. The lowest BCUT2D eigenvalue weighted by Crippen LogP contribution is -2.19. The Balaban J connectivity index is 1.96. The monoisotopic (exact) mass is 262 g/mol. The number of nitrogens with zero attached hydrogens (tertiary/aromatic N) is 2. The van der Waals surface area contributed by atoms with Crippen LogP contribution in [-0.2, 0) is 24.7 Å². The first-order chi connectivity index (χ1) is 9.20. The first-order valence-electron chi connectivity index (χ1n) is 7.75. The van der Waals surface area contributed by atoms with Gasteiger partial charge in [0.05, 0.1) is 5.69 Å². The molecule has 1 saturated carbocycles. The lowest BCUT2D eigenvalue weighted by molar-refractivity contribution is -0.122. The Morgan fingerprint density at radius 2 is 1.89 bits per heavy atom. The maximum absolute atomic E-state index is 12.4. The van der Waals surface area contributed by atoms with E-state index in [-0.39, 0.29) is 0 Å². The number of Topliss-reactive ketones (excluding diaryl/α,β-unsaturated/α-hetero) is 1. The summed E-state index contributed by atoms with van der Waals surface area (Å²) in [6.07, 6.45) is 10.1. The molecule has 106 valence electrons. The fourth-order valence-corrected chi connectivity index (χ4v) is 3.01. The van der Waals surface area contributed by atoms with Gasteiger partial charge < -0.3 is 0 Å². The molecule has 1 fully saturated rings. The van der Waals surface area contributed by atoms with Crippen LogP contribution in [0.3, 0.4) is 0 Å². The van der Waals surface area contributed by atoms with Crippen molar-refractivity contribution in [3.8, 4) is 0 Å². The summed E-state index contributed by atoms with van der Waals surface area (Å²) in [7, 11) is 1.94. The molecule has 0 atom stereocenters. The summed E-state index contributed by atoms with van der Waals surface area (Å²) in [6, 6.07) is 2.08. The summed E-state index contributed by atoms with van der Waals surface area (Å²) < 4.78 is 1.87. The minimum Gasteiger partial charge on any atom is -0.299 e. The van der Waals surface area contributed by atoms with Gasteiger partial charge in [-0.1, -0.05) is 39.0 Å². The number of rotatable bonds is 4. The van der Waals surface area contributed by atoms with Crippen molar-refractivity contribution in [1.29, 1.82) is 0 Å². The highest BCUT2D eigenvalue weighted by atomic mass is 16.1. The average Bonchev–Trinajstić information content (AvgIpc) is 2.69. The van der Waals surface area contributed by atoms with Gasteiger partial charge in [0, 0.05) is 25.1 Å². The largest absolute Gasteiger partial charge is 0.299 e. The second-order valence-corrected chi connectivity index (χ2v) is 5.79. The van der Waals surface area contributed by atoms with Crippen LogP contribution in [0.1, 0.15) is 63.3 Å². The Morgan fingerprint density at radius 1 is 1.26 bits per heavy atom. The van der Waals surface area contributed by atoms with E-state index < -0.39 is 0 Å². The van der Waals surface area contributed by atoms with Crippen molar-refractivity contribution in [2.24, 2.45) is 13.0 Å². The van der Waals surface area contributed by atoms with Crippen LogP contribution in [0.5, 0.6) is 0 Å². The molecule has 2 rings (SSSR count). The lowest BCUT2D eigenvalue weighted by Gasteiger charge is -2.18. The van der Waals surface area contributed by atoms with Crippen LogP contribution in [-0.4, -0.2) is 15.6 Å². The molecule has 0 spiro atoms. The SMILES string of the molecule is CCc1cc(CC(=O)C2CCCCCCC2)n(C)n1. The Labute approximate surface area is 116 Å². The molecule has 0 saturated heterocycles. The molecule has 0 unspecified atom stereocenters. The fourth-order valence-electron chi connectivity index (χ4n) is 3.01. The Hall–Kier alpha value is -1.12. The van der Waals surface area contributed by atoms with Crippen molar-refractivity contribution in [2.45, 2.75) is 64.7 Å². The number of ketones is 1. The first-order valence-corrected chi connectivity index (χ1v) is 7.75. The van der Waals surface area contributed by atoms with Gasteiger partial charge >= 0.3 is 0 Å². The van der Waals surface area contributed by atoms with E-state index in [9.17, 15) is 4.79 Å². The van der Waals surface area contributed by atoms with Crippen molar-refractivity contribution in [1.82, 2.24) is 9.78 Å². The number of carbonyl (C=O) groups is 1. The smallest absolute Gasteiger partial charge is 0.141 e. The van der Waals surface area contributed by atoms with E-state index in [0.717, 1.165) is 30.7 Å². The fraction of sp³-hybridized carbons (Fsp3) is 0.750. The molecular weight excluding hydrogens is 236 g/mol. The number of aromatic nitrogens is 2. The predicted molar refractivity (Wildman–Crippen MR) is 77.1 cm³/mol. The van der Waals surface area contributed by atoms with Crippen molar-refractivity contribution in [3.63, 3.8) is 0 Å². The topological polar surface area (TPSA) is 34.9 Å². The standard InChI is InChI=1S/C16H26N2O/c1-3-14-11-15(18(2)17-14)12-16(19)13-9-7-5-4-6-8-10-13/h11,13H,3-10,12H2,1-2H3. The number of hydrogen-bond donors (Lipinski definition) is 0. The van der Waals surface area contributed by atoms with E-state index in [1.807, 2.05) is 11.7 Å². The summed E-state index contributed by atoms with van der Waals surface area (Å²) in [6.45, 7) is 2.10. The van der Waals surface area contributed by atoms with Gasteiger partial charge in [-0.05, 0) is 25.3 Å². The molecule has 19 heavy (non-hydrogen) atoms. The molecule has 1 aromatic rings. The number of hydrogen-bond acceptors (Lipinski definition) is 2. The molecule has 0 N–H and O–H groups in total. The minimum atomic E-state index is 0.292. The van der Waals surface area contributed by atoms with Gasteiger partial charge in [0.1, 0.15) is 5.78 Å². The zero-order valence-electron chi connectivity index (χ0n) is 12.3. The molecule has 1 aromatic heterocycles. The van der Waals surface area contributed by atoms with Crippen LogP contribution in [0.4, 0.5) is 0 Å². The summed E-state index contributed by atoms with van der Waals surface area (Å²) in [5.74, 6) is 0.716. The molecular formula is C16H26N2O. The summed E-state index contributed by atoms with van der Waals surface area (Å²) in [5.41, 5.74) is 2.16. The van der Waals surface area contributed by atoms with E-state index in [2.05, 4.69) is 18.1 Å². The lowest BCUT2D eigenvalue weighted by atomic mass is 9.86. The van der Waals surface area contributed by atoms with Crippen LogP contribution >= 0.6 is 0 Å². The maximum atomic E-state index is 12.4. The predicted octanol–water partition coefficient (Wildman–Crippen LogP) is 3.45. The first kappa shape index (κ1) is 14.3. The van der Waals surface area contributed by atoms with E-state index in [1.54, 1.807) is 0 Å². The number of carbonyl (C=O) groups excluding carboxylic acids is 1. The molecule has 3 heteroatoms. The van der Waals surface area contributed by atoms with Crippen LogP contribution in [0.25, 0.3) is 0 Å². The van der Waals surface area contributed by atoms with Crippen LogP contribution < -0.4 is 0 Å². The Morgan fingerprint density at radius 3 is 2.47 bits per heavy atom. The van der Waals surface area contributed by atoms with Crippen molar-refractivity contribution in [2.75, 3.05) is 0 Å². The molecule has 0 bridgehead atoms. The van der Waals surface area contributed by atoms with Crippen LogP contribution in [0, 0.1) is 5.92 Å². The Kier molecular flexibility index (Phi) is 5.17. The quantitative estimate of drug-likeness (QED) is 0.833. The van der Waals surface area contributed by atoms with Gasteiger partial charge in [0.15, 0.2) is 0 Å². The van der Waals surface area contributed by atoms with E-state index in [0.29, 0.717) is 18.1 Å². The third-order valence-corrected chi connectivity index (χ3v) is 4.31. The molecule has 1 heterocycles. The second-order valence-electron chi connectivity index (χ2n) is 5.79. The highest BCUT2D eigenvalue weighted by molar-refractivity contribution is 5.82. The average molecular weight is 262 g/mol. The van der Waals surface area contributed by atoms with Crippen molar-refractivity contribution >= 4 is 5.78 Å². The van der Waals surface area contributed by atoms with Crippen molar-refractivity contribution < 1.29 is 4.79 Å². The van der Waals surface area contributed by atoms with Crippen molar-refractivity contribution in [3.05, 3.63) is 17.5 Å². The highest BCUT2D eigenvalue weighted by Crippen LogP contribution is 2.24. The highest BCUT2D eigenvalue weighted by Gasteiger charge is 2.20. The third-order valence-electron chi connectivity index (χ3n) is 4.31. The zero-order chi connectivity index (χ0) is 13.7. The zero-order valence-corrected chi connectivity index (χ0v) is 12.3. The van der Waals surface area contributed by atoms with Crippen LogP contribution in [0.2, 0.25) is 0 Å². The summed E-state index contributed by atoms with van der Waals surface area (Å²) >= 11 is 0. The summed E-state index contributed by atoms with van der Waals surface area (Å²) in [5, 5.41) is 4.43. The minimum absolute atomic E-state index is 0.292. The molecule has 0 aromatic carbocycles. The Bertz CT molecular complexity index is 414. The van der Waals surface area contributed by atoms with Gasteiger partial charge in [0.25, 0.3) is 0 Å². The van der Waals surface area contributed by atoms with Gasteiger partial charge in [-0.2, -0.15) is 5.10 Å². The van der Waals surface area contributed by atoms with Crippen LogP contribution in [0.15, 0.2) is 6.07 Å². The van der Waals surface area contributed by atoms with Gasteiger partial charge in [-0.25, -0.2) is 0 Å². The van der Waals surface area contributed by atoms with E-state index in [4.69, 9.17) is 0 Å². The molecule has 0 radical (unpaired) electrons. The normalized spacial score (nSPS) is 18.0. The van der Waals surface area contributed by atoms with Gasteiger partial charge in [-0.15, -0.1) is 0 Å². The molecule has 0 aliphatic heterocycles. The second kappa shape index (κ2) is 6.88. The van der Waals surface area contributed by atoms with Gasteiger partial charge in [-0.3, -0.25) is 9.48 Å². The maximum Gasteiger partial charge on any atom is 0.141 e. The number of aryl methyl sites for hydroxylation is 2. The third kappa shape index (κ3) is 3.92. The molecule has 0 amide bonds. The van der Waals surface area contributed by atoms with E-state index in [1.165, 1.54) is 32.1 Å². The summed E-state index contributed by atoms with van der Waals surface area (Å²) in [4.78, 5) is 12.4. The van der Waals surface area contributed by atoms with E-state index >= 15 is 0 Å². The molecule has 3 nitrogen and oxygen atoms in total.